The van der Waals surface area contributed by atoms with Gasteiger partial charge in [-0.2, -0.15) is 0 Å². The van der Waals surface area contributed by atoms with Crippen molar-refractivity contribution in [2.24, 2.45) is 0 Å². The fraction of sp³-hybridized carbons (Fsp3) is 0.667. The summed E-state index contributed by atoms with van der Waals surface area (Å²) >= 11 is 2.20. The third-order valence-electron chi connectivity index (χ3n) is 2.18. The Labute approximate surface area is 123 Å². The van der Waals surface area contributed by atoms with Gasteiger partial charge in [-0.15, -0.1) is 0 Å². The number of hydrogen-bond acceptors (Lipinski definition) is 1. The molecule has 0 aliphatic heterocycles. The summed E-state index contributed by atoms with van der Waals surface area (Å²) in [5.74, 6) is 0. The van der Waals surface area contributed by atoms with Crippen LogP contribution < -0.4 is 24.8 Å². The smallest absolute Gasteiger partial charge is 1.00 e. The molecule has 0 aromatic rings. The first-order chi connectivity index (χ1) is 6.44. The second kappa shape index (κ2) is 7.95. The van der Waals surface area contributed by atoms with E-state index in [2.05, 4.69) is 60.3 Å². The van der Waals surface area contributed by atoms with Crippen LogP contribution in [0.1, 0.15) is 40.5 Å². The molecule has 16 heavy (non-hydrogen) atoms. The molecule has 0 radical (unpaired) electrons. The molecule has 1 rings (SSSR count). The van der Waals surface area contributed by atoms with Crippen molar-refractivity contribution in [2.75, 3.05) is 0 Å². The van der Waals surface area contributed by atoms with Gasteiger partial charge < -0.3 is 24.8 Å². The van der Waals surface area contributed by atoms with E-state index >= 15 is 0 Å². The average molecular weight is 298 g/mol. The third-order valence-corrected chi connectivity index (χ3v) is 2.95. The second-order valence-corrected chi connectivity index (χ2v) is 5.61. The van der Waals surface area contributed by atoms with Crippen LogP contribution in [0.4, 0.5) is 0 Å². The van der Waals surface area contributed by atoms with E-state index in [0.717, 1.165) is 12.8 Å². The summed E-state index contributed by atoms with van der Waals surface area (Å²) in [5.41, 5.74) is 1.34. The summed E-state index contributed by atoms with van der Waals surface area (Å²) < 4.78 is 7.49. The minimum absolute atomic E-state index is 0. The van der Waals surface area contributed by atoms with Gasteiger partial charge in [0.15, 0.2) is 0 Å². The molecular formula is C12H19Cl2OTi. The minimum atomic E-state index is -0.0512. The molecule has 1 aliphatic rings. The first-order valence-electron chi connectivity index (χ1n) is 5.23. The molecule has 0 amide bonds. The van der Waals surface area contributed by atoms with Crippen molar-refractivity contribution in [3.8, 4) is 0 Å². The Morgan fingerprint density at radius 3 is 2.25 bits per heavy atom. The second-order valence-electron chi connectivity index (χ2n) is 4.67. The Balaban J connectivity index is 0. The van der Waals surface area contributed by atoms with Crippen LogP contribution in [0.25, 0.3) is 0 Å². The van der Waals surface area contributed by atoms with Gasteiger partial charge in [0.05, 0.1) is 0 Å². The van der Waals surface area contributed by atoms with Crippen LogP contribution in [0.2, 0.25) is 0 Å². The van der Waals surface area contributed by atoms with Gasteiger partial charge in [0.1, 0.15) is 0 Å². The monoisotopic (exact) mass is 297 g/mol. The van der Waals surface area contributed by atoms with Crippen LogP contribution in [0.15, 0.2) is 21.6 Å². The maximum Gasteiger partial charge on any atom is -1.00 e. The van der Waals surface area contributed by atoms with Crippen LogP contribution in [0.3, 0.4) is 0 Å². The number of ether oxygens (including phenoxy) is 1. The van der Waals surface area contributed by atoms with Crippen LogP contribution in [0.5, 0.6) is 0 Å². The first-order valence-corrected chi connectivity index (χ1v) is 6.01. The molecule has 0 N–H and O–H groups in total. The Bertz CT molecular complexity index is 267. The Kier molecular flexibility index (Phi) is 9.48. The maximum atomic E-state index is 6.03. The minimum Gasteiger partial charge on any atom is -1.00 e. The van der Waals surface area contributed by atoms with Gasteiger partial charge in [0.2, 0.25) is 0 Å². The van der Waals surface area contributed by atoms with E-state index in [-0.39, 0.29) is 36.5 Å². The van der Waals surface area contributed by atoms with Crippen LogP contribution in [-0.2, 0) is 25.2 Å². The van der Waals surface area contributed by atoms with Crippen molar-refractivity contribution in [3.05, 3.63) is 21.6 Å². The molecule has 1 aliphatic carbocycles. The molecular weight excluding hydrogens is 279 g/mol. The summed E-state index contributed by atoms with van der Waals surface area (Å²) in [4.78, 5) is 0. The zero-order valence-electron chi connectivity index (χ0n) is 10.3. The first kappa shape index (κ1) is 19.1. The van der Waals surface area contributed by atoms with E-state index in [0.29, 0.717) is 0 Å². The van der Waals surface area contributed by atoms with E-state index < -0.39 is 0 Å². The predicted octanol–water partition coefficient (Wildman–Crippen LogP) is -2.65. The van der Waals surface area contributed by atoms with E-state index in [1.54, 1.807) is 0 Å². The Morgan fingerprint density at radius 2 is 1.94 bits per heavy atom. The summed E-state index contributed by atoms with van der Waals surface area (Å²) in [6.45, 7) is 8.53. The zero-order valence-corrected chi connectivity index (χ0v) is 13.4. The van der Waals surface area contributed by atoms with Crippen molar-refractivity contribution in [1.82, 2.24) is 0 Å². The van der Waals surface area contributed by atoms with Gasteiger partial charge in [-0.25, -0.2) is 0 Å². The van der Waals surface area contributed by atoms with E-state index in [1.807, 2.05) is 0 Å². The molecule has 1 atom stereocenters. The van der Waals surface area contributed by atoms with Crippen molar-refractivity contribution < 1.29 is 50.0 Å². The fourth-order valence-corrected chi connectivity index (χ4v) is 2.18. The Morgan fingerprint density at radius 1 is 1.38 bits per heavy atom. The normalized spacial score (nSPS) is 16.9. The number of hydrogen-bond donors (Lipinski definition) is 0. The number of halogens is 2. The van der Waals surface area contributed by atoms with Gasteiger partial charge in [0.25, 0.3) is 0 Å². The van der Waals surface area contributed by atoms with Gasteiger partial charge >= 0.3 is 99.0 Å². The number of rotatable bonds is 3. The van der Waals surface area contributed by atoms with E-state index in [1.165, 1.54) is 9.45 Å². The van der Waals surface area contributed by atoms with Gasteiger partial charge in [-0.3, -0.25) is 0 Å². The van der Waals surface area contributed by atoms with Crippen molar-refractivity contribution >= 4 is 0 Å². The van der Waals surface area contributed by atoms with Crippen LogP contribution >= 0.6 is 0 Å². The molecule has 91 valence electrons. The molecule has 0 bridgehead atoms. The molecule has 0 fully saturated rings. The molecule has 0 heterocycles. The third kappa shape index (κ3) is 5.88. The van der Waals surface area contributed by atoms with E-state index in [4.69, 9.17) is 4.74 Å². The van der Waals surface area contributed by atoms with Gasteiger partial charge in [0, 0.05) is 0 Å². The maximum absolute atomic E-state index is 6.03. The van der Waals surface area contributed by atoms with Crippen LogP contribution in [-0.4, -0.2) is 11.7 Å². The quantitative estimate of drug-likeness (QED) is 0.517. The zero-order chi connectivity index (χ0) is 10.8. The van der Waals surface area contributed by atoms with Gasteiger partial charge in [-0.05, 0) is 0 Å². The molecule has 1 unspecified atom stereocenters. The van der Waals surface area contributed by atoms with Crippen molar-refractivity contribution in [1.29, 1.82) is 0 Å². The fourth-order valence-electron chi connectivity index (χ4n) is 1.62. The summed E-state index contributed by atoms with van der Waals surface area (Å²) in [6, 6.07) is 0. The van der Waals surface area contributed by atoms with E-state index in [9.17, 15) is 0 Å². The predicted molar refractivity (Wildman–Crippen MR) is 55.7 cm³/mol. The summed E-state index contributed by atoms with van der Waals surface area (Å²) in [5, 5.41) is 0. The van der Waals surface area contributed by atoms with Crippen LogP contribution in [0, 0.1) is 0 Å². The molecule has 0 aromatic heterocycles. The summed E-state index contributed by atoms with van der Waals surface area (Å²) in [6.07, 6.45) is 6.86. The van der Waals surface area contributed by atoms with Gasteiger partial charge in [-0.1, -0.05) is 0 Å². The molecule has 0 saturated heterocycles. The SMILES string of the molecule is CCC(OC(C)(C)C)C1=[C]([Ti+2])CC=C1.[Cl-].[Cl-]. The topological polar surface area (TPSA) is 9.23 Å². The average Bonchev–Trinajstić information content (AvgIpc) is 2.45. The number of allylic oxidation sites excluding steroid dienone is 2. The molecule has 0 spiro atoms. The molecule has 0 aromatic carbocycles. The van der Waals surface area contributed by atoms with Crippen molar-refractivity contribution in [2.45, 2.75) is 52.2 Å². The largest absolute Gasteiger partial charge is 1.00 e. The Hall–Kier alpha value is 0.734. The molecule has 0 saturated carbocycles. The molecule has 4 heteroatoms. The standard InChI is InChI=1S/C12H19O.2ClH.Ti/c1-5-11(13-12(2,3)4)10-8-6-7-9-10;;;/h6,8,11H,5,7H2,1-4H3;2*1H;/q;;;+2/p-2. The summed E-state index contributed by atoms with van der Waals surface area (Å²) in [7, 11) is 0. The molecule has 1 nitrogen and oxygen atoms in total. The van der Waals surface area contributed by atoms with Crippen molar-refractivity contribution in [3.63, 3.8) is 0 Å².